The minimum atomic E-state index is 0.647. The highest BCUT2D eigenvalue weighted by Gasteiger charge is 2.19. The van der Waals surface area contributed by atoms with Gasteiger partial charge in [0.1, 0.15) is 37.9 Å². The predicted octanol–water partition coefficient (Wildman–Crippen LogP) is 1.15. The molecule has 5 rings (SSSR count). The van der Waals surface area contributed by atoms with Gasteiger partial charge in [0.2, 0.25) is 12.7 Å². The molecule has 0 atom stereocenters. The molecule has 1 aliphatic rings. The van der Waals surface area contributed by atoms with Gasteiger partial charge in [0, 0.05) is 13.1 Å². The Labute approximate surface area is 187 Å². The van der Waals surface area contributed by atoms with Crippen molar-refractivity contribution in [1.82, 2.24) is 38.7 Å². The van der Waals surface area contributed by atoms with Crippen LogP contribution in [0.3, 0.4) is 0 Å². The van der Waals surface area contributed by atoms with Crippen LogP contribution in [0.2, 0.25) is 0 Å². The van der Waals surface area contributed by atoms with E-state index in [0.717, 1.165) is 62.1 Å². The highest BCUT2D eigenvalue weighted by Crippen LogP contribution is 2.08. The van der Waals surface area contributed by atoms with Gasteiger partial charge in [-0.25, -0.2) is 37.6 Å². The van der Waals surface area contributed by atoms with E-state index in [2.05, 4.69) is 78.9 Å². The third-order valence-corrected chi connectivity index (χ3v) is 5.82. The maximum atomic E-state index is 4.88. The van der Waals surface area contributed by atoms with Crippen LogP contribution in [0.25, 0.3) is 0 Å². The monoisotopic (exact) mass is 436 g/mol. The zero-order valence-corrected chi connectivity index (χ0v) is 19.0. The van der Waals surface area contributed by atoms with Gasteiger partial charge in [-0.15, -0.1) is 0 Å². The third-order valence-electron chi connectivity index (χ3n) is 5.82. The maximum Gasteiger partial charge on any atom is 0.244 e. The molecule has 0 spiro atoms. The summed E-state index contributed by atoms with van der Waals surface area (Å²) < 4.78 is 12.7. The molecule has 10 heteroatoms. The SMILES string of the molecule is CCCCn1nc2nc1Cn1cc[n+](c1)Cc1nc(nn1CCCC)C[n+]1ccn(c1)C2. The lowest BCUT2D eigenvalue weighted by atomic mass is 10.3. The molecule has 0 aromatic carbocycles. The van der Waals surface area contributed by atoms with Gasteiger partial charge in [0.15, 0.2) is 36.4 Å². The van der Waals surface area contributed by atoms with Gasteiger partial charge in [0.25, 0.3) is 0 Å². The molecule has 4 aromatic heterocycles. The quantitative estimate of drug-likeness (QED) is 0.374. The van der Waals surface area contributed by atoms with Gasteiger partial charge in [-0.2, -0.15) is 10.2 Å². The van der Waals surface area contributed by atoms with Crippen molar-refractivity contribution >= 4 is 0 Å². The first-order valence-corrected chi connectivity index (χ1v) is 11.6. The molecule has 8 bridgehead atoms. The molecule has 32 heavy (non-hydrogen) atoms. The van der Waals surface area contributed by atoms with Gasteiger partial charge in [-0.1, -0.05) is 26.7 Å². The Hall–Kier alpha value is -3.30. The van der Waals surface area contributed by atoms with E-state index in [0.29, 0.717) is 26.2 Å². The Kier molecular flexibility index (Phi) is 5.83. The van der Waals surface area contributed by atoms with Crippen LogP contribution in [0.15, 0.2) is 37.4 Å². The Morgan fingerprint density at radius 2 is 1.34 bits per heavy atom. The molecule has 4 aromatic rings. The number of rotatable bonds is 6. The maximum absolute atomic E-state index is 4.88. The summed E-state index contributed by atoms with van der Waals surface area (Å²) in [5.41, 5.74) is 0. The molecule has 168 valence electrons. The van der Waals surface area contributed by atoms with Crippen LogP contribution in [0.1, 0.15) is 62.8 Å². The van der Waals surface area contributed by atoms with Crippen molar-refractivity contribution in [3.8, 4) is 0 Å². The average Bonchev–Trinajstić information content (AvgIpc) is 3.55. The van der Waals surface area contributed by atoms with Crippen LogP contribution in [0, 0.1) is 0 Å². The summed E-state index contributed by atoms with van der Waals surface area (Å²) in [6.45, 7) is 8.90. The summed E-state index contributed by atoms with van der Waals surface area (Å²) >= 11 is 0. The Morgan fingerprint density at radius 3 is 2.06 bits per heavy atom. The van der Waals surface area contributed by atoms with Gasteiger partial charge >= 0.3 is 0 Å². The molecule has 0 amide bonds. The van der Waals surface area contributed by atoms with Crippen molar-refractivity contribution in [1.29, 1.82) is 0 Å². The minimum absolute atomic E-state index is 0.647. The fourth-order valence-corrected chi connectivity index (χ4v) is 4.10. The van der Waals surface area contributed by atoms with E-state index in [1.54, 1.807) is 0 Å². The van der Waals surface area contributed by atoms with E-state index in [1.165, 1.54) is 0 Å². The first kappa shape index (κ1) is 20.6. The van der Waals surface area contributed by atoms with Gasteiger partial charge in [-0.05, 0) is 12.8 Å². The number of imidazole rings is 2. The van der Waals surface area contributed by atoms with E-state index in [4.69, 9.17) is 20.2 Å². The van der Waals surface area contributed by atoms with E-state index in [-0.39, 0.29) is 0 Å². The van der Waals surface area contributed by atoms with Crippen LogP contribution >= 0.6 is 0 Å². The fraction of sp³-hybridized carbons (Fsp3) is 0.545. The summed E-state index contributed by atoms with van der Waals surface area (Å²) in [6, 6.07) is 0. The summed E-state index contributed by atoms with van der Waals surface area (Å²) in [5.74, 6) is 3.68. The van der Waals surface area contributed by atoms with Gasteiger partial charge in [-0.3, -0.25) is 0 Å². The molecule has 0 saturated carbocycles. The second-order valence-electron chi connectivity index (χ2n) is 8.56. The predicted molar refractivity (Wildman–Crippen MR) is 116 cm³/mol. The second-order valence-corrected chi connectivity index (χ2v) is 8.56. The number of aryl methyl sites for hydroxylation is 2. The lowest BCUT2D eigenvalue weighted by Crippen LogP contribution is -2.34. The fourth-order valence-electron chi connectivity index (χ4n) is 4.10. The summed E-state index contributed by atoms with van der Waals surface area (Å²) in [7, 11) is 0. The Bertz CT molecular complexity index is 1090. The standard InChI is InChI=1S/C22H32N10/c1-3-5-7-31-21-15-29-11-12-30(18-29)16-22-24-20(26-32(22)8-6-4-2)14-28-10-9-27(17-28)13-19(23-21)25-31/h9-12,17-18H,3-8,13-16H2,1-2H3/q+2. The third kappa shape index (κ3) is 4.49. The van der Waals surface area contributed by atoms with Crippen LogP contribution < -0.4 is 9.13 Å². The smallest absolute Gasteiger partial charge is 0.244 e. The van der Waals surface area contributed by atoms with E-state index < -0.39 is 0 Å². The molecule has 10 nitrogen and oxygen atoms in total. The molecule has 0 saturated heterocycles. The summed E-state index contributed by atoms with van der Waals surface area (Å²) in [4.78, 5) is 9.76. The number of unbranched alkanes of at least 4 members (excludes halogenated alkanes) is 2. The summed E-state index contributed by atoms with van der Waals surface area (Å²) in [6.07, 6.45) is 17.0. The molecular weight excluding hydrogens is 404 g/mol. The number of fused-ring (bicyclic) bond motifs is 8. The van der Waals surface area contributed by atoms with Crippen LogP contribution in [-0.4, -0.2) is 38.7 Å². The molecule has 1 aliphatic heterocycles. The highest BCUT2D eigenvalue weighted by atomic mass is 15.4. The van der Waals surface area contributed by atoms with Crippen molar-refractivity contribution in [3.63, 3.8) is 0 Å². The largest absolute Gasteiger partial charge is 0.246 e. The van der Waals surface area contributed by atoms with E-state index in [1.807, 2.05) is 0 Å². The van der Waals surface area contributed by atoms with E-state index in [9.17, 15) is 0 Å². The first-order chi connectivity index (χ1) is 15.7. The Morgan fingerprint density at radius 1 is 0.750 bits per heavy atom. The number of nitrogens with zero attached hydrogens (tertiary/aromatic N) is 10. The molecular formula is C22H32N10+2. The zero-order chi connectivity index (χ0) is 21.9. The van der Waals surface area contributed by atoms with Gasteiger partial charge in [0.05, 0.1) is 0 Å². The molecule has 0 unspecified atom stereocenters. The van der Waals surface area contributed by atoms with Crippen molar-refractivity contribution in [2.45, 2.75) is 78.8 Å². The highest BCUT2D eigenvalue weighted by molar-refractivity contribution is 4.97. The second kappa shape index (κ2) is 9.05. The topological polar surface area (TPSA) is 79.0 Å². The summed E-state index contributed by atoms with van der Waals surface area (Å²) in [5, 5.41) is 9.63. The average molecular weight is 437 g/mol. The lowest BCUT2D eigenvalue weighted by molar-refractivity contribution is -0.689. The molecule has 0 radical (unpaired) electrons. The lowest BCUT2D eigenvalue weighted by Gasteiger charge is -2.03. The molecule has 0 fully saturated rings. The zero-order valence-electron chi connectivity index (χ0n) is 19.0. The minimum Gasteiger partial charge on any atom is -0.246 e. The number of hydrogen-bond acceptors (Lipinski definition) is 4. The van der Waals surface area contributed by atoms with Crippen LogP contribution in [-0.2, 0) is 39.3 Å². The normalized spacial score (nSPS) is 13.6. The first-order valence-electron chi connectivity index (χ1n) is 11.6. The molecule has 0 aliphatic carbocycles. The van der Waals surface area contributed by atoms with Crippen molar-refractivity contribution in [3.05, 3.63) is 60.7 Å². The molecule has 5 heterocycles. The van der Waals surface area contributed by atoms with Gasteiger partial charge < -0.3 is 0 Å². The van der Waals surface area contributed by atoms with Crippen molar-refractivity contribution in [2.75, 3.05) is 0 Å². The molecule has 0 N–H and O–H groups in total. The van der Waals surface area contributed by atoms with Crippen LogP contribution in [0.5, 0.6) is 0 Å². The van der Waals surface area contributed by atoms with Crippen LogP contribution in [0.4, 0.5) is 0 Å². The van der Waals surface area contributed by atoms with E-state index >= 15 is 0 Å². The Balaban J connectivity index is 1.51. The van der Waals surface area contributed by atoms with Crippen molar-refractivity contribution in [2.24, 2.45) is 0 Å². The van der Waals surface area contributed by atoms with Crippen molar-refractivity contribution < 1.29 is 9.13 Å². The number of hydrogen-bond donors (Lipinski definition) is 0. The number of aromatic nitrogens is 10.